The van der Waals surface area contributed by atoms with Crippen LogP contribution in [0.2, 0.25) is 0 Å². The first-order chi connectivity index (χ1) is 9.33. The molecule has 0 aliphatic rings. The lowest BCUT2D eigenvalue weighted by atomic mass is 10.2. The van der Waals surface area contributed by atoms with Gasteiger partial charge in [0.15, 0.2) is 0 Å². The number of hydrogen-bond acceptors (Lipinski definition) is 5. The first-order valence-electron chi connectivity index (χ1n) is 5.94. The Morgan fingerprint density at radius 1 is 1.21 bits per heavy atom. The van der Waals surface area contributed by atoms with E-state index in [1.165, 1.54) is 0 Å². The van der Waals surface area contributed by atoms with E-state index in [4.69, 9.17) is 10.2 Å². The molecule has 0 amide bonds. The van der Waals surface area contributed by atoms with Crippen molar-refractivity contribution < 1.29 is 4.42 Å². The second-order valence-corrected chi connectivity index (χ2v) is 4.20. The Labute approximate surface area is 109 Å². The molecule has 0 unspecified atom stereocenters. The monoisotopic (exact) mass is 255 g/mol. The second-order valence-electron chi connectivity index (χ2n) is 4.20. The largest absolute Gasteiger partial charge is 0.419 e. The zero-order valence-corrected chi connectivity index (χ0v) is 10.2. The van der Waals surface area contributed by atoms with E-state index in [-0.39, 0.29) is 6.04 Å². The van der Waals surface area contributed by atoms with Crippen LogP contribution in [-0.2, 0) is 6.42 Å². The van der Waals surface area contributed by atoms with Crippen LogP contribution in [0.15, 0.2) is 47.3 Å². The maximum atomic E-state index is 6.03. The second kappa shape index (κ2) is 5.03. The average Bonchev–Trinajstić information content (AvgIpc) is 3.10. The summed E-state index contributed by atoms with van der Waals surface area (Å²) in [6, 6.07) is 9.26. The van der Waals surface area contributed by atoms with Crippen molar-refractivity contribution in [2.45, 2.75) is 12.5 Å². The fourth-order valence-electron chi connectivity index (χ4n) is 1.80. The van der Waals surface area contributed by atoms with Gasteiger partial charge >= 0.3 is 0 Å². The van der Waals surface area contributed by atoms with Crippen molar-refractivity contribution >= 4 is 0 Å². The van der Waals surface area contributed by atoms with Crippen molar-refractivity contribution in [3.8, 4) is 11.5 Å². The minimum atomic E-state index is -0.342. The number of aromatic amines is 1. The van der Waals surface area contributed by atoms with Gasteiger partial charge < -0.3 is 15.1 Å². The number of rotatable bonds is 4. The lowest BCUT2D eigenvalue weighted by Crippen LogP contribution is -2.13. The Balaban J connectivity index is 1.78. The summed E-state index contributed by atoms with van der Waals surface area (Å²) in [5.41, 5.74) is 7.85. The number of H-pyrrole nitrogens is 1. The van der Waals surface area contributed by atoms with E-state index in [2.05, 4.69) is 20.2 Å². The first-order valence-corrected chi connectivity index (χ1v) is 5.94. The summed E-state index contributed by atoms with van der Waals surface area (Å²) < 4.78 is 5.60. The molecule has 6 heteroatoms. The number of nitrogens with two attached hydrogens (primary N) is 1. The van der Waals surface area contributed by atoms with Crippen molar-refractivity contribution in [1.29, 1.82) is 0 Å². The predicted octanol–water partition coefficient (Wildman–Crippen LogP) is 1.70. The van der Waals surface area contributed by atoms with Crippen molar-refractivity contribution in [2.24, 2.45) is 5.73 Å². The summed E-state index contributed by atoms with van der Waals surface area (Å²) in [5, 5.41) is 8.01. The molecular weight excluding hydrogens is 242 g/mol. The molecule has 2 heterocycles. The maximum absolute atomic E-state index is 6.03. The van der Waals surface area contributed by atoms with Crippen molar-refractivity contribution in [2.75, 3.05) is 0 Å². The van der Waals surface area contributed by atoms with Crippen LogP contribution in [-0.4, -0.2) is 20.2 Å². The van der Waals surface area contributed by atoms with E-state index < -0.39 is 0 Å². The topological polar surface area (TPSA) is 93.6 Å². The highest BCUT2D eigenvalue weighted by atomic mass is 16.4. The van der Waals surface area contributed by atoms with E-state index in [1.807, 2.05) is 30.3 Å². The van der Waals surface area contributed by atoms with Gasteiger partial charge in [-0.05, 0) is 12.1 Å². The van der Waals surface area contributed by atoms with Gasteiger partial charge in [0.2, 0.25) is 11.8 Å². The Hall–Kier alpha value is -2.47. The maximum Gasteiger partial charge on any atom is 0.247 e. The zero-order chi connectivity index (χ0) is 13.1. The van der Waals surface area contributed by atoms with Crippen LogP contribution in [0.25, 0.3) is 11.5 Å². The van der Waals surface area contributed by atoms with E-state index >= 15 is 0 Å². The number of imidazole rings is 1. The lowest BCUT2D eigenvalue weighted by Gasteiger charge is -2.04. The summed E-state index contributed by atoms with van der Waals surface area (Å²) in [6.07, 6.45) is 3.93. The molecule has 0 radical (unpaired) electrons. The molecule has 0 aliphatic carbocycles. The van der Waals surface area contributed by atoms with E-state index in [0.717, 1.165) is 11.3 Å². The van der Waals surface area contributed by atoms with Gasteiger partial charge in [-0.25, -0.2) is 4.98 Å². The molecule has 3 rings (SSSR count). The third-order valence-electron chi connectivity index (χ3n) is 2.77. The van der Waals surface area contributed by atoms with Gasteiger partial charge in [-0.1, -0.05) is 18.2 Å². The molecule has 96 valence electrons. The van der Waals surface area contributed by atoms with Gasteiger partial charge in [-0.2, -0.15) is 0 Å². The molecule has 0 saturated heterocycles. The van der Waals surface area contributed by atoms with Crippen LogP contribution < -0.4 is 5.73 Å². The highest BCUT2D eigenvalue weighted by Crippen LogP contribution is 2.20. The molecule has 0 saturated carbocycles. The fourth-order valence-corrected chi connectivity index (χ4v) is 1.80. The summed E-state index contributed by atoms with van der Waals surface area (Å²) >= 11 is 0. The van der Waals surface area contributed by atoms with Crippen LogP contribution in [0.3, 0.4) is 0 Å². The lowest BCUT2D eigenvalue weighted by molar-refractivity contribution is 0.455. The molecule has 1 aromatic carbocycles. The van der Waals surface area contributed by atoms with Crippen molar-refractivity contribution in [3.63, 3.8) is 0 Å². The van der Waals surface area contributed by atoms with Crippen LogP contribution in [0.4, 0.5) is 0 Å². The Morgan fingerprint density at radius 2 is 2.05 bits per heavy atom. The molecule has 0 spiro atoms. The number of nitrogens with one attached hydrogen (secondary N) is 1. The Kier molecular flexibility index (Phi) is 3.07. The smallest absolute Gasteiger partial charge is 0.247 e. The van der Waals surface area contributed by atoms with Gasteiger partial charge in [0, 0.05) is 23.9 Å². The average molecular weight is 255 g/mol. The third kappa shape index (κ3) is 2.53. The number of benzene rings is 1. The Bertz CT molecular complexity index is 632. The minimum Gasteiger partial charge on any atom is -0.419 e. The third-order valence-corrected chi connectivity index (χ3v) is 2.77. The molecule has 0 aliphatic heterocycles. The first kappa shape index (κ1) is 11.6. The SMILES string of the molecule is N[C@@H](Cc1cnc[nH]1)c1nnc(-c2ccccc2)o1. The van der Waals surface area contributed by atoms with Gasteiger partial charge in [0.1, 0.15) is 0 Å². The zero-order valence-electron chi connectivity index (χ0n) is 10.2. The van der Waals surface area contributed by atoms with Gasteiger partial charge in [-0.15, -0.1) is 10.2 Å². The Morgan fingerprint density at radius 3 is 2.79 bits per heavy atom. The van der Waals surface area contributed by atoms with Crippen molar-refractivity contribution in [3.05, 3.63) is 54.4 Å². The molecule has 3 N–H and O–H groups in total. The van der Waals surface area contributed by atoms with Gasteiger partial charge in [0.25, 0.3) is 0 Å². The quantitative estimate of drug-likeness (QED) is 0.740. The molecule has 0 fully saturated rings. The van der Waals surface area contributed by atoms with Gasteiger partial charge in [0.05, 0.1) is 12.4 Å². The van der Waals surface area contributed by atoms with Crippen LogP contribution in [0, 0.1) is 0 Å². The molecule has 6 nitrogen and oxygen atoms in total. The molecular formula is C13H13N5O. The number of hydrogen-bond donors (Lipinski definition) is 2. The van der Waals surface area contributed by atoms with E-state index in [9.17, 15) is 0 Å². The molecule has 3 aromatic rings. The summed E-state index contributed by atoms with van der Waals surface area (Å²) in [7, 11) is 0. The fraction of sp³-hybridized carbons (Fsp3) is 0.154. The molecule has 2 aromatic heterocycles. The van der Waals surface area contributed by atoms with Crippen LogP contribution in [0.1, 0.15) is 17.6 Å². The van der Waals surface area contributed by atoms with Crippen molar-refractivity contribution in [1.82, 2.24) is 20.2 Å². The summed E-state index contributed by atoms with van der Waals surface area (Å²) in [4.78, 5) is 6.94. The summed E-state index contributed by atoms with van der Waals surface area (Å²) in [6.45, 7) is 0. The summed E-state index contributed by atoms with van der Waals surface area (Å²) in [5.74, 6) is 0.907. The van der Waals surface area contributed by atoms with Crippen LogP contribution >= 0.6 is 0 Å². The highest BCUT2D eigenvalue weighted by molar-refractivity contribution is 5.51. The minimum absolute atomic E-state index is 0.342. The van der Waals surface area contributed by atoms with Gasteiger partial charge in [-0.3, -0.25) is 0 Å². The predicted molar refractivity (Wildman–Crippen MR) is 69.0 cm³/mol. The highest BCUT2D eigenvalue weighted by Gasteiger charge is 2.16. The normalized spacial score (nSPS) is 12.5. The van der Waals surface area contributed by atoms with E-state index in [0.29, 0.717) is 18.2 Å². The molecule has 19 heavy (non-hydrogen) atoms. The number of nitrogens with zero attached hydrogens (tertiary/aromatic N) is 3. The molecule has 0 bridgehead atoms. The standard InChI is InChI=1S/C13H13N5O/c14-11(6-10-7-15-8-16-10)13-18-17-12(19-13)9-4-2-1-3-5-9/h1-5,7-8,11H,6,14H2,(H,15,16)/t11-/m0/s1. The number of aromatic nitrogens is 4. The van der Waals surface area contributed by atoms with E-state index in [1.54, 1.807) is 12.5 Å². The van der Waals surface area contributed by atoms with Crippen LogP contribution in [0.5, 0.6) is 0 Å². The molecule has 1 atom stereocenters.